The Balaban J connectivity index is 2.60. The summed E-state index contributed by atoms with van der Waals surface area (Å²) in [6.07, 6.45) is 9.98. The average molecular weight is 333 g/mol. The summed E-state index contributed by atoms with van der Waals surface area (Å²) in [7, 11) is -1.46. The molecule has 1 aliphatic rings. The molecule has 0 aliphatic heterocycles. The summed E-state index contributed by atoms with van der Waals surface area (Å²) in [5.41, 5.74) is 0. The van der Waals surface area contributed by atoms with E-state index in [1.165, 1.54) is 19.1 Å². The molecular weight excluding hydrogens is 300 g/mol. The molecule has 1 rings (SSSR count). The van der Waals surface area contributed by atoms with Crippen LogP contribution in [-0.2, 0) is 14.8 Å². The van der Waals surface area contributed by atoms with Gasteiger partial charge >= 0.3 is 0 Å². The van der Waals surface area contributed by atoms with Crippen LogP contribution in [0.3, 0.4) is 0 Å². The molecule has 0 unspecified atom stereocenters. The predicted molar refractivity (Wildman–Crippen MR) is 90.2 cm³/mol. The summed E-state index contributed by atoms with van der Waals surface area (Å²) in [5, 5.41) is 0. The maximum Gasteiger partial charge on any atom is 0.223 e. The second-order valence-electron chi connectivity index (χ2n) is 6.44. The lowest BCUT2D eigenvalue weighted by molar-refractivity contribution is -0.130. The highest BCUT2D eigenvalue weighted by Crippen LogP contribution is 2.24. The number of nitrogens with zero attached hydrogens (tertiary/aromatic N) is 2. The number of sulfonamides is 1. The lowest BCUT2D eigenvalue weighted by Gasteiger charge is -2.29. The van der Waals surface area contributed by atoms with Gasteiger partial charge in [-0.3, -0.25) is 4.79 Å². The van der Waals surface area contributed by atoms with Crippen LogP contribution in [0.1, 0.15) is 64.7 Å². The van der Waals surface area contributed by atoms with Crippen LogP contribution in [0.4, 0.5) is 0 Å². The van der Waals surface area contributed by atoms with Crippen LogP contribution in [0.2, 0.25) is 0 Å². The van der Waals surface area contributed by atoms with E-state index in [2.05, 4.69) is 6.92 Å². The number of hydrogen-bond acceptors (Lipinski definition) is 3. The Kier molecular flexibility index (Phi) is 8.39. The van der Waals surface area contributed by atoms with E-state index in [4.69, 9.17) is 0 Å². The molecule has 1 fully saturated rings. The lowest BCUT2D eigenvalue weighted by atomic mass is 10.1. The fourth-order valence-electron chi connectivity index (χ4n) is 3.08. The number of carbonyl (C=O) groups is 1. The van der Waals surface area contributed by atoms with Gasteiger partial charge in [0.2, 0.25) is 15.9 Å². The van der Waals surface area contributed by atoms with Crippen LogP contribution in [0.15, 0.2) is 0 Å². The first-order valence-electron chi connectivity index (χ1n) is 8.57. The Morgan fingerprint density at radius 2 is 1.68 bits per heavy atom. The SMILES string of the molecule is CCCCN(C)C(=O)CCN(C1CCCCCC1)S(C)(=O)=O. The van der Waals surface area contributed by atoms with Crippen molar-refractivity contribution in [1.29, 1.82) is 0 Å². The standard InChI is InChI=1S/C16H32N2O3S/c1-4-5-13-17(2)16(19)12-14-18(22(3,20)21)15-10-8-6-7-9-11-15/h15H,4-14H2,1-3H3. The lowest BCUT2D eigenvalue weighted by Crippen LogP contribution is -2.42. The van der Waals surface area contributed by atoms with E-state index in [1.807, 2.05) is 0 Å². The van der Waals surface area contributed by atoms with Crippen molar-refractivity contribution >= 4 is 15.9 Å². The van der Waals surface area contributed by atoms with E-state index >= 15 is 0 Å². The third-order valence-electron chi connectivity index (χ3n) is 4.48. The molecule has 0 aromatic heterocycles. The van der Waals surface area contributed by atoms with Crippen molar-refractivity contribution < 1.29 is 13.2 Å². The molecule has 0 spiro atoms. The molecule has 130 valence electrons. The largest absolute Gasteiger partial charge is 0.346 e. The predicted octanol–water partition coefficient (Wildman–Crippen LogP) is 2.62. The number of hydrogen-bond donors (Lipinski definition) is 0. The summed E-state index contributed by atoms with van der Waals surface area (Å²) in [6, 6.07) is 0.0752. The Hall–Kier alpha value is -0.620. The first-order valence-corrected chi connectivity index (χ1v) is 10.4. The van der Waals surface area contributed by atoms with E-state index in [0.717, 1.165) is 45.1 Å². The quantitative estimate of drug-likeness (QED) is 0.642. The van der Waals surface area contributed by atoms with Gasteiger partial charge in [-0.25, -0.2) is 8.42 Å². The number of rotatable bonds is 8. The summed E-state index contributed by atoms with van der Waals surface area (Å²) < 4.78 is 25.8. The molecule has 0 heterocycles. The Morgan fingerprint density at radius 3 is 2.18 bits per heavy atom. The number of carbonyl (C=O) groups excluding carboxylic acids is 1. The van der Waals surface area contributed by atoms with Gasteiger partial charge in [-0.15, -0.1) is 0 Å². The molecule has 5 nitrogen and oxygen atoms in total. The van der Waals surface area contributed by atoms with Gasteiger partial charge in [0.15, 0.2) is 0 Å². The second-order valence-corrected chi connectivity index (χ2v) is 8.37. The molecule has 0 aromatic carbocycles. The second kappa shape index (κ2) is 9.50. The zero-order chi connectivity index (χ0) is 16.6. The van der Waals surface area contributed by atoms with Gasteiger partial charge in [-0.2, -0.15) is 4.31 Å². The summed E-state index contributed by atoms with van der Waals surface area (Å²) >= 11 is 0. The molecule has 1 saturated carbocycles. The minimum absolute atomic E-state index is 0.0377. The molecule has 22 heavy (non-hydrogen) atoms. The van der Waals surface area contributed by atoms with Crippen molar-refractivity contribution in [1.82, 2.24) is 9.21 Å². The molecule has 6 heteroatoms. The van der Waals surface area contributed by atoms with Gasteiger partial charge < -0.3 is 4.90 Å². The zero-order valence-electron chi connectivity index (χ0n) is 14.4. The van der Waals surface area contributed by atoms with Crippen molar-refractivity contribution in [3.05, 3.63) is 0 Å². The van der Waals surface area contributed by atoms with Crippen molar-refractivity contribution in [2.75, 3.05) is 26.4 Å². The molecule has 1 aliphatic carbocycles. The molecule has 1 amide bonds. The normalized spacial score (nSPS) is 17.5. The molecule has 0 saturated heterocycles. The van der Waals surface area contributed by atoms with Crippen LogP contribution in [0.25, 0.3) is 0 Å². The fourth-order valence-corrected chi connectivity index (χ4v) is 4.26. The minimum Gasteiger partial charge on any atom is -0.346 e. The van der Waals surface area contributed by atoms with Gasteiger partial charge in [0, 0.05) is 32.6 Å². The maximum absolute atomic E-state index is 12.1. The third-order valence-corrected chi connectivity index (χ3v) is 5.81. The number of unbranched alkanes of at least 4 members (excludes halogenated alkanes) is 1. The van der Waals surface area contributed by atoms with E-state index in [-0.39, 0.29) is 18.4 Å². The smallest absolute Gasteiger partial charge is 0.223 e. The van der Waals surface area contributed by atoms with E-state index in [9.17, 15) is 13.2 Å². The highest BCUT2D eigenvalue weighted by atomic mass is 32.2. The number of amides is 1. The van der Waals surface area contributed by atoms with Crippen LogP contribution in [-0.4, -0.2) is 56.0 Å². The molecule has 0 atom stereocenters. The first kappa shape index (κ1) is 19.4. The Morgan fingerprint density at radius 1 is 1.09 bits per heavy atom. The highest BCUT2D eigenvalue weighted by Gasteiger charge is 2.27. The van der Waals surface area contributed by atoms with Gasteiger partial charge in [0.05, 0.1) is 6.26 Å². The van der Waals surface area contributed by atoms with Crippen LogP contribution in [0.5, 0.6) is 0 Å². The van der Waals surface area contributed by atoms with Crippen molar-refractivity contribution in [3.63, 3.8) is 0 Å². The monoisotopic (exact) mass is 332 g/mol. The van der Waals surface area contributed by atoms with Gasteiger partial charge in [-0.1, -0.05) is 39.0 Å². The first-order chi connectivity index (χ1) is 10.4. The molecule has 0 N–H and O–H groups in total. The fraction of sp³-hybridized carbons (Fsp3) is 0.938. The molecule has 0 bridgehead atoms. The average Bonchev–Trinajstić information content (AvgIpc) is 2.72. The summed E-state index contributed by atoms with van der Waals surface area (Å²) in [4.78, 5) is 13.9. The van der Waals surface area contributed by atoms with Crippen LogP contribution < -0.4 is 0 Å². The molecule has 0 radical (unpaired) electrons. The zero-order valence-corrected chi connectivity index (χ0v) is 15.2. The Bertz CT molecular complexity index is 429. The Labute approximate surface area is 136 Å². The summed E-state index contributed by atoms with van der Waals surface area (Å²) in [5.74, 6) is 0.0377. The topological polar surface area (TPSA) is 57.7 Å². The van der Waals surface area contributed by atoms with Crippen molar-refractivity contribution in [3.8, 4) is 0 Å². The summed E-state index contributed by atoms with van der Waals surface area (Å²) in [6.45, 7) is 3.16. The van der Waals surface area contributed by atoms with Crippen LogP contribution >= 0.6 is 0 Å². The van der Waals surface area contributed by atoms with Gasteiger partial charge in [0.25, 0.3) is 0 Å². The van der Waals surface area contributed by atoms with Crippen molar-refractivity contribution in [2.45, 2.75) is 70.8 Å². The van der Waals surface area contributed by atoms with Gasteiger partial charge in [-0.05, 0) is 19.3 Å². The van der Waals surface area contributed by atoms with Crippen molar-refractivity contribution in [2.24, 2.45) is 0 Å². The highest BCUT2D eigenvalue weighted by molar-refractivity contribution is 7.88. The molecular formula is C16H32N2O3S. The van der Waals surface area contributed by atoms with E-state index in [1.54, 1.807) is 16.3 Å². The minimum atomic E-state index is -3.26. The van der Waals surface area contributed by atoms with E-state index in [0.29, 0.717) is 6.54 Å². The van der Waals surface area contributed by atoms with E-state index < -0.39 is 10.0 Å². The van der Waals surface area contributed by atoms with Gasteiger partial charge in [0.1, 0.15) is 0 Å². The third kappa shape index (κ3) is 6.65. The molecule has 0 aromatic rings. The van der Waals surface area contributed by atoms with Crippen LogP contribution in [0, 0.1) is 0 Å². The maximum atomic E-state index is 12.1.